The highest BCUT2D eigenvalue weighted by molar-refractivity contribution is 5.29. The molecular formula is C11H14F2N2O. The fraction of sp³-hybridized carbons (Fsp3) is 0.455. The Hall–Kier alpha value is -1.20. The van der Waals surface area contributed by atoms with Gasteiger partial charge in [0.25, 0.3) is 0 Å². The Labute approximate surface area is 92.8 Å². The highest BCUT2D eigenvalue weighted by Crippen LogP contribution is 2.19. The summed E-state index contributed by atoms with van der Waals surface area (Å²) in [6.45, 7) is -0.0294. The summed E-state index contributed by atoms with van der Waals surface area (Å²) in [4.78, 5) is 0. The highest BCUT2D eigenvalue weighted by Gasteiger charge is 2.14. The van der Waals surface area contributed by atoms with E-state index in [0.29, 0.717) is 0 Å². The van der Waals surface area contributed by atoms with E-state index in [2.05, 4.69) is 15.4 Å². The molecule has 1 aromatic carbocycles. The molecule has 1 heterocycles. The Kier molecular flexibility index (Phi) is 3.69. The van der Waals surface area contributed by atoms with Crippen molar-refractivity contribution in [3.63, 3.8) is 0 Å². The van der Waals surface area contributed by atoms with E-state index in [1.165, 1.54) is 0 Å². The smallest absolute Gasteiger partial charge is 0.387 e. The Morgan fingerprint density at radius 1 is 1.19 bits per heavy atom. The van der Waals surface area contributed by atoms with E-state index < -0.39 is 6.61 Å². The van der Waals surface area contributed by atoms with Crippen LogP contribution in [0, 0.1) is 0 Å². The summed E-state index contributed by atoms with van der Waals surface area (Å²) < 4.78 is 28.1. The Bertz CT molecular complexity index is 323. The number of ether oxygens (including phenoxy) is 1. The molecule has 88 valence electrons. The summed E-state index contributed by atoms with van der Waals surface area (Å²) >= 11 is 0. The van der Waals surface area contributed by atoms with Crippen LogP contribution in [0.2, 0.25) is 0 Å². The molecule has 2 rings (SSSR count). The lowest BCUT2D eigenvalue weighted by atomic mass is 10.1. The van der Waals surface area contributed by atoms with Gasteiger partial charge in [0.15, 0.2) is 0 Å². The van der Waals surface area contributed by atoms with Gasteiger partial charge in [0.2, 0.25) is 0 Å². The van der Waals surface area contributed by atoms with E-state index in [4.69, 9.17) is 0 Å². The van der Waals surface area contributed by atoms with Crippen LogP contribution in [0.15, 0.2) is 24.3 Å². The zero-order valence-corrected chi connectivity index (χ0v) is 8.75. The minimum absolute atomic E-state index is 0.197. The number of nitrogens with one attached hydrogen (secondary N) is 2. The largest absolute Gasteiger partial charge is 0.435 e. The number of hydrogen-bond donors (Lipinski definition) is 2. The zero-order valence-electron chi connectivity index (χ0n) is 8.75. The number of halogens is 2. The van der Waals surface area contributed by atoms with Gasteiger partial charge >= 0.3 is 6.61 Å². The van der Waals surface area contributed by atoms with Crippen LogP contribution in [0.25, 0.3) is 0 Å². The second-order valence-corrected chi connectivity index (χ2v) is 3.66. The first-order valence-corrected chi connectivity index (χ1v) is 5.24. The van der Waals surface area contributed by atoms with Crippen molar-refractivity contribution in [2.75, 3.05) is 19.6 Å². The number of rotatable bonds is 3. The van der Waals surface area contributed by atoms with Gasteiger partial charge in [-0.1, -0.05) is 12.1 Å². The van der Waals surface area contributed by atoms with E-state index in [9.17, 15) is 8.78 Å². The predicted octanol–water partition coefficient (Wildman–Crippen LogP) is 1.52. The van der Waals surface area contributed by atoms with Gasteiger partial charge in [-0.05, 0) is 17.7 Å². The summed E-state index contributed by atoms with van der Waals surface area (Å²) in [6, 6.07) is 7.00. The lowest BCUT2D eigenvalue weighted by molar-refractivity contribution is -0.0498. The van der Waals surface area contributed by atoms with Crippen LogP contribution in [0.4, 0.5) is 8.78 Å². The van der Waals surface area contributed by atoms with Crippen molar-refractivity contribution in [1.82, 2.24) is 10.6 Å². The lowest BCUT2D eigenvalue weighted by Gasteiger charge is -2.24. The minimum Gasteiger partial charge on any atom is -0.435 e. The second-order valence-electron chi connectivity index (χ2n) is 3.66. The fourth-order valence-electron chi connectivity index (χ4n) is 1.77. The highest BCUT2D eigenvalue weighted by atomic mass is 19.3. The topological polar surface area (TPSA) is 33.3 Å². The van der Waals surface area contributed by atoms with Crippen molar-refractivity contribution < 1.29 is 13.5 Å². The number of hydrogen-bond acceptors (Lipinski definition) is 3. The average molecular weight is 228 g/mol. The van der Waals surface area contributed by atoms with Crippen LogP contribution >= 0.6 is 0 Å². The lowest BCUT2D eigenvalue weighted by Crippen LogP contribution is -2.42. The van der Waals surface area contributed by atoms with Crippen molar-refractivity contribution in [2.24, 2.45) is 0 Å². The molecule has 5 heteroatoms. The van der Waals surface area contributed by atoms with E-state index in [0.717, 1.165) is 25.2 Å². The number of alkyl halides is 2. The van der Waals surface area contributed by atoms with Crippen LogP contribution < -0.4 is 15.4 Å². The third kappa shape index (κ3) is 2.90. The monoisotopic (exact) mass is 228 g/mol. The van der Waals surface area contributed by atoms with Gasteiger partial charge in [0, 0.05) is 25.7 Å². The van der Waals surface area contributed by atoms with E-state index in [1.54, 1.807) is 12.1 Å². The number of benzene rings is 1. The maximum atomic E-state index is 11.9. The molecule has 0 spiro atoms. The minimum atomic E-state index is -2.76. The molecule has 0 radical (unpaired) electrons. The van der Waals surface area contributed by atoms with Crippen molar-refractivity contribution in [2.45, 2.75) is 12.7 Å². The Morgan fingerprint density at radius 2 is 1.94 bits per heavy atom. The molecule has 16 heavy (non-hydrogen) atoms. The third-order valence-electron chi connectivity index (χ3n) is 2.55. The normalized spacial score (nSPS) is 21.1. The molecule has 0 aromatic heterocycles. The molecule has 3 nitrogen and oxygen atoms in total. The van der Waals surface area contributed by atoms with Crippen LogP contribution in [0.3, 0.4) is 0 Å². The van der Waals surface area contributed by atoms with E-state index in [-0.39, 0.29) is 11.8 Å². The van der Waals surface area contributed by atoms with Gasteiger partial charge in [-0.25, -0.2) is 0 Å². The predicted molar refractivity (Wildman–Crippen MR) is 56.7 cm³/mol. The summed E-state index contributed by atoms with van der Waals surface area (Å²) in [6.07, 6.45) is 0. The van der Waals surface area contributed by atoms with Crippen molar-refractivity contribution in [3.05, 3.63) is 29.8 Å². The molecule has 1 aliphatic heterocycles. The average Bonchev–Trinajstić information content (AvgIpc) is 2.30. The maximum absolute atomic E-state index is 11.9. The number of piperazine rings is 1. The van der Waals surface area contributed by atoms with Crippen LogP contribution in [-0.4, -0.2) is 26.2 Å². The summed E-state index contributed by atoms with van der Waals surface area (Å²) in [5.74, 6) is 0.197. The quantitative estimate of drug-likeness (QED) is 0.823. The molecule has 0 bridgehead atoms. The molecule has 0 amide bonds. The summed E-state index contributed by atoms with van der Waals surface area (Å²) in [5, 5.41) is 6.61. The molecule has 1 aromatic rings. The van der Waals surface area contributed by atoms with Gasteiger partial charge in [0.05, 0.1) is 0 Å². The molecule has 1 atom stereocenters. The summed E-state index contributed by atoms with van der Waals surface area (Å²) in [5.41, 5.74) is 1.08. The standard InChI is InChI=1S/C11H14F2N2O/c12-11(13)16-9-3-1-8(2-4-9)10-7-14-5-6-15-10/h1-4,10-11,14-15H,5-7H2/t10-/m1/s1. The first-order chi connectivity index (χ1) is 7.75. The van der Waals surface area contributed by atoms with E-state index in [1.807, 2.05) is 12.1 Å². The van der Waals surface area contributed by atoms with Gasteiger partial charge in [-0.3, -0.25) is 0 Å². The summed E-state index contributed by atoms with van der Waals surface area (Å²) in [7, 11) is 0. The van der Waals surface area contributed by atoms with Gasteiger partial charge in [-0.15, -0.1) is 0 Å². The molecular weight excluding hydrogens is 214 g/mol. The van der Waals surface area contributed by atoms with Crippen molar-refractivity contribution in [3.8, 4) is 5.75 Å². The molecule has 0 unspecified atom stereocenters. The van der Waals surface area contributed by atoms with Gasteiger partial charge < -0.3 is 15.4 Å². The molecule has 0 aliphatic carbocycles. The maximum Gasteiger partial charge on any atom is 0.387 e. The van der Waals surface area contributed by atoms with Crippen molar-refractivity contribution in [1.29, 1.82) is 0 Å². The van der Waals surface area contributed by atoms with Crippen LogP contribution in [0.1, 0.15) is 11.6 Å². The Morgan fingerprint density at radius 3 is 2.50 bits per heavy atom. The molecule has 0 saturated carbocycles. The van der Waals surface area contributed by atoms with Gasteiger partial charge in [0.1, 0.15) is 5.75 Å². The fourth-order valence-corrected chi connectivity index (χ4v) is 1.77. The first-order valence-electron chi connectivity index (χ1n) is 5.24. The third-order valence-corrected chi connectivity index (χ3v) is 2.55. The second kappa shape index (κ2) is 5.23. The molecule has 2 N–H and O–H groups in total. The van der Waals surface area contributed by atoms with E-state index >= 15 is 0 Å². The van der Waals surface area contributed by atoms with Crippen LogP contribution in [0.5, 0.6) is 5.75 Å². The van der Waals surface area contributed by atoms with Crippen molar-refractivity contribution >= 4 is 0 Å². The van der Waals surface area contributed by atoms with Crippen LogP contribution in [-0.2, 0) is 0 Å². The molecule has 1 saturated heterocycles. The van der Waals surface area contributed by atoms with Gasteiger partial charge in [-0.2, -0.15) is 8.78 Å². The SMILES string of the molecule is FC(F)Oc1ccc([C@H]2CNCCN2)cc1. The Balaban J connectivity index is 2.00. The molecule has 1 fully saturated rings. The zero-order chi connectivity index (χ0) is 11.4. The molecule has 1 aliphatic rings. The first kappa shape index (κ1) is 11.3.